The van der Waals surface area contributed by atoms with Crippen molar-refractivity contribution in [3.8, 4) is 28.7 Å². The minimum atomic E-state index is 0.00779. The van der Waals surface area contributed by atoms with E-state index in [4.69, 9.17) is 0 Å². The highest BCUT2D eigenvalue weighted by Gasteiger charge is 2.40. The normalized spacial score (nSPS) is 23.7. The fourth-order valence-electron chi connectivity index (χ4n) is 9.64. The number of nitrogens with zero attached hydrogens (tertiary/aromatic N) is 1. The monoisotopic (exact) mass is 709 g/mol. The van der Waals surface area contributed by atoms with Crippen LogP contribution in [0.15, 0.2) is 156 Å². The van der Waals surface area contributed by atoms with Gasteiger partial charge in [0.1, 0.15) is 0 Å². The Hall–Kier alpha value is -5.47. The highest BCUT2D eigenvalue weighted by atomic mass is 32.2. The van der Waals surface area contributed by atoms with Gasteiger partial charge in [-0.2, -0.15) is 0 Å². The van der Waals surface area contributed by atoms with Crippen LogP contribution in [0.3, 0.4) is 0 Å². The van der Waals surface area contributed by atoms with Gasteiger partial charge in [0.05, 0.1) is 12.0 Å². The van der Waals surface area contributed by atoms with Crippen molar-refractivity contribution in [1.82, 2.24) is 9.88 Å². The molecule has 4 aromatic carbocycles. The highest BCUT2D eigenvalue weighted by molar-refractivity contribution is 8.00. The summed E-state index contributed by atoms with van der Waals surface area (Å²) in [5.41, 5.74) is 18.2. The smallest absolute Gasteiger partial charge is 0.197 e. The van der Waals surface area contributed by atoms with Gasteiger partial charge >= 0.3 is 0 Å². The van der Waals surface area contributed by atoms with Crippen molar-refractivity contribution < 1.29 is 0 Å². The second-order valence-electron chi connectivity index (χ2n) is 15.3. The summed E-state index contributed by atoms with van der Waals surface area (Å²) >= 11 is 2.03. The van der Waals surface area contributed by atoms with Crippen LogP contribution < -0.4 is 16.2 Å². The van der Waals surface area contributed by atoms with E-state index in [0.717, 1.165) is 6.42 Å². The van der Waals surface area contributed by atoms with Gasteiger partial charge in [0.25, 0.3) is 0 Å². The molecule has 0 fully saturated rings. The van der Waals surface area contributed by atoms with Gasteiger partial charge in [-0.05, 0) is 94.7 Å². The SMILES string of the molecule is Cc1cccc(C)c1-c1cc(C2=CC=C3C=CC#CC3C2NC2C=CC(c3ccccc3)=CC2)c2c(c1)-n1c3c(c4cccc(c41)[B]2)SC1C=CC=CC31. The lowest BCUT2D eigenvalue weighted by atomic mass is 9.58. The van der Waals surface area contributed by atoms with Gasteiger partial charge in [0.15, 0.2) is 7.28 Å². The Kier molecular flexibility index (Phi) is 7.44. The number of para-hydroxylation sites is 1. The molecule has 5 unspecified atom stereocenters. The van der Waals surface area contributed by atoms with Crippen molar-refractivity contribution >= 4 is 52.0 Å². The average Bonchev–Trinajstić information content (AvgIpc) is 3.75. The molecule has 2 aliphatic heterocycles. The van der Waals surface area contributed by atoms with Gasteiger partial charge in [-0.1, -0.05) is 144 Å². The van der Waals surface area contributed by atoms with Crippen LogP contribution in [-0.4, -0.2) is 29.2 Å². The summed E-state index contributed by atoms with van der Waals surface area (Å²) in [5, 5.41) is 5.95. The molecule has 1 radical (unpaired) electrons. The molecule has 0 saturated carbocycles. The van der Waals surface area contributed by atoms with Crippen LogP contribution in [-0.2, 0) is 0 Å². The topological polar surface area (TPSA) is 17.0 Å². The third-order valence-electron chi connectivity index (χ3n) is 12.1. The summed E-state index contributed by atoms with van der Waals surface area (Å²) in [5.74, 6) is 7.39. The van der Waals surface area contributed by atoms with Gasteiger partial charge in [0, 0.05) is 44.4 Å². The predicted octanol–water partition coefficient (Wildman–Crippen LogP) is 9.45. The van der Waals surface area contributed by atoms with E-state index in [2.05, 4.69) is 182 Å². The molecule has 0 amide bonds. The first-order chi connectivity index (χ1) is 26.6. The molecule has 6 aliphatic rings. The molecule has 4 aliphatic carbocycles. The number of nitrogens with one attached hydrogen (secondary N) is 1. The van der Waals surface area contributed by atoms with E-state index in [0.29, 0.717) is 11.2 Å². The molecule has 2 nitrogen and oxygen atoms in total. The maximum Gasteiger partial charge on any atom is 0.197 e. The Morgan fingerprint density at radius 2 is 1.70 bits per heavy atom. The molecule has 3 heterocycles. The summed E-state index contributed by atoms with van der Waals surface area (Å²) < 4.78 is 2.65. The van der Waals surface area contributed by atoms with Gasteiger partial charge in [-0.25, -0.2) is 0 Å². The second-order valence-corrected chi connectivity index (χ2v) is 16.5. The van der Waals surface area contributed by atoms with Crippen LogP contribution in [0.1, 0.15) is 40.3 Å². The molecule has 1 N–H and O–H groups in total. The molecule has 54 heavy (non-hydrogen) atoms. The molecule has 4 heteroatoms. The summed E-state index contributed by atoms with van der Waals surface area (Å²) in [6, 6.07) is 29.5. The minimum absolute atomic E-state index is 0.00779. The van der Waals surface area contributed by atoms with Crippen LogP contribution in [0.4, 0.5) is 0 Å². The number of rotatable bonds is 5. The van der Waals surface area contributed by atoms with E-state index in [1.165, 1.54) is 88.2 Å². The molecule has 0 bridgehead atoms. The summed E-state index contributed by atoms with van der Waals surface area (Å²) in [7, 11) is 2.47. The predicted molar refractivity (Wildman–Crippen MR) is 229 cm³/mol. The lowest BCUT2D eigenvalue weighted by Crippen LogP contribution is -2.46. The number of aryl methyl sites for hydroxylation is 2. The molecule has 1 aromatic heterocycles. The van der Waals surface area contributed by atoms with Crippen LogP contribution >= 0.6 is 11.8 Å². The molecule has 5 aromatic rings. The third-order valence-corrected chi connectivity index (χ3v) is 13.5. The maximum atomic E-state index is 4.16. The fourth-order valence-corrected chi connectivity index (χ4v) is 11.1. The Bertz CT molecular complexity index is 2700. The first kappa shape index (κ1) is 32.0. The van der Waals surface area contributed by atoms with Crippen molar-refractivity contribution in [2.45, 2.75) is 48.4 Å². The number of aromatic nitrogens is 1. The van der Waals surface area contributed by atoms with Gasteiger partial charge in [-0.3, -0.25) is 0 Å². The van der Waals surface area contributed by atoms with Crippen LogP contribution in [0.2, 0.25) is 0 Å². The summed E-state index contributed by atoms with van der Waals surface area (Å²) in [6.07, 6.45) is 26.1. The van der Waals surface area contributed by atoms with Crippen LogP contribution in [0.25, 0.3) is 38.9 Å². The summed E-state index contributed by atoms with van der Waals surface area (Å²) in [4.78, 5) is 1.43. The molecule has 0 saturated heterocycles. The van der Waals surface area contributed by atoms with E-state index in [1.54, 1.807) is 0 Å². The lowest BCUT2D eigenvalue weighted by Gasteiger charge is -2.36. The first-order valence-electron chi connectivity index (χ1n) is 19.2. The quantitative estimate of drug-likeness (QED) is 0.142. The van der Waals surface area contributed by atoms with E-state index >= 15 is 0 Å². The largest absolute Gasteiger partial charge is 0.313 e. The molecule has 11 rings (SSSR count). The Balaban J connectivity index is 1.11. The molecular weight excluding hydrogens is 671 g/mol. The van der Waals surface area contributed by atoms with Crippen LogP contribution in [0.5, 0.6) is 0 Å². The van der Waals surface area contributed by atoms with Crippen molar-refractivity contribution in [3.63, 3.8) is 0 Å². The van der Waals surface area contributed by atoms with Crippen molar-refractivity contribution in [3.05, 3.63) is 179 Å². The molecule has 0 spiro atoms. The molecule has 257 valence electrons. The van der Waals surface area contributed by atoms with Crippen molar-refractivity contribution in [1.29, 1.82) is 0 Å². The Morgan fingerprint density at radius 3 is 2.56 bits per heavy atom. The zero-order valence-corrected chi connectivity index (χ0v) is 31.2. The number of hydrogen-bond acceptors (Lipinski definition) is 2. The minimum Gasteiger partial charge on any atom is -0.313 e. The van der Waals surface area contributed by atoms with E-state index < -0.39 is 0 Å². The fraction of sp³-hybridized carbons (Fsp3) is 0.160. The second kappa shape index (κ2) is 12.6. The standard InChI is InChI=1S/C50H38BN2S/c1-30-12-10-13-31(2)45(30)35-28-41(46-43(29-35)53-48-40(19-11-20-42(48)51-46)50-49(53)39-18-8-9-21-44(39)54-50)38-27-24-34-16-6-7-17-37(34)47(38)52-36-25-22-33(23-26-36)32-14-4-3-5-15-32/h3-6,8-16,18-25,27-29,36-37,39,44,47,52H,26H2,1-2H3. The van der Waals surface area contributed by atoms with Gasteiger partial charge in [0.2, 0.25) is 0 Å². The summed E-state index contributed by atoms with van der Waals surface area (Å²) in [6.45, 7) is 4.51. The average molecular weight is 710 g/mol. The number of thioether (sulfide) groups is 1. The number of hydrogen-bond donors (Lipinski definition) is 1. The lowest BCUT2D eigenvalue weighted by molar-refractivity contribution is 0.491. The van der Waals surface area contributed by atoms with E-state index in [9.17, 15) is 0 Å². The van der Waals surface area contributed by atoms with Crippen LogP contribution in [0, 0.1) is 31.6 Å². The van der Waals surface area contributed by atoms with E-state index in [1.807, 2.05) is 17.8 Å². The maximum absolute atomic E-state index is 4.16. The number of allylic oxidation sites excluding steroid dienone is 9. The Labute approximate surface area is 322 Å². The zero-order chi connectivity index (χ0) is 35.9. The Morgan fingerprint density at radius 1 is 0.852 bits per heavy atom. The zero-order valence-electron chi connectivity index (χ0n) is 30.4. The number of fused-ring (bicyclic) bond motifs is 8. The third kappa shape index (κ3) is 4.96. The van der Waals surface area contributed by atoms with Crippen molar-refractivity contribution in [2.24, 2.45) is 5.92 Å². The molecule has 5 atom stereocenters. The molecular formula is C50H38BN2S. The van der Waals surface area contributed by atoms with E-state index in [-0.39, 0.29) is 18.0 Å². The number of benzene rings is 4. The van der Waals surface area contributed by atoms with Crippen molar-refractivity contribution in [2.75, 3.05) is 0 Å². The van der Waals surface area contributed by atoms with Gasteiger partial charge < -0.3 is 9.88 Å². The highest BCUT2D eigenvalue weighted by Crippen LogP contribution is 2.53. The first-order valence-corrected chi connectivity index (χ1v) is 20.1. The van der Waals surface area contributed by atoms with Gasteiger partial charge in [-0.15, -0.1) is 11.8 Å².